The van der Waals surface area contributed by atoms with Crippen molar-refractivity contribution in [2.45, 2.75) is 25.4 Å². The summed E-state index contributed by atoms with van der Waals surface area (Å²) in [6.07, 6.45) is 0. The van der Waals surface area contributed by atoms with Gasteiger partial charge in [-0.05, 0) is 23.1 Å². The third-order valence-corrected chi connectivity index (χ3v) is 4.04. The molecule has 1 aromatic rings. The zero-order valence-electron chi connectivity index (χ0n) is 11.3. The third-order valence-electron chi connectivity index (χ3n) is 2.57. The minimum Gasteiger partial charge on any atom is -0.419 e. The second-order valence-electron chi connectivity index (χ2n) is 4.76. The Hall–Kier alpha value is -1.17. The maximum absolute atomic E-state index is 11.7. The Bertz CT molecular complexity index is 603. The summed E-state index contributed by atoms with van der Waals surface area (Å²) >= 11 is 13.1. The van der Waals surface area contributed by atoms with Gasteiger partial charge in [-0.3, -0.25) is 0 Å². The molecule has 1 aliphatic rings. The maximum Gasteiger partial charge on any atom is 0.349 e. The minimum atomic E-state index is -1.23. The van der Waals surface area contributed by atoms with E-state index in [1.807, 2.05) is 0 Å². The van der Waals surface area contributed by atoms with Gasteiger partial charge < -0.3 is 9.47 Å². The van der Waals surface area contributed by atoms with E-state index in [-0.39, 0.29) is 5.57 Å². The van der Waals surface area contributed by atoms with Crippen molar-refractivity contribution >= 4 is 46.9 Å². The lowest BCUT2D eigenvalue weighted by Crippen LogP contribution is -2.41. The predicted octanol–water partition coefficient (Wildman–Crippen LogP) is 3.95. The first-order valence-corrected chi connectivity index (χ1v) is 7.81. The van der Waals surface area contributed by atoms with Gasteiger partial charge in [-0.1, -0.05) is 29.3 Å². The van der Waals surface area contributed by atoms with E-state index in [2.05, 4.69) is 0 Å². The van der Waals surface area contributed by atoms with Crippen LogP contribution >= 0.6 is 35.0 Å². The average Bonchev–Trinajstić information content (AvgIpc) is 2.33. The van der Waals surface area contributed by atoms with Crippen LogP contribution in [-0.4, -0.2) is 17.7 Å². The largest absolute Gasteiger partial charge is 0.419 e. The lowest BCUT2D eigenvalue weighted by Gasteiger charge is -2.29. The van der Waals surface area contributed by atoms with Crippen LogP contribution in [0.15, 0.2) is 29.2 Å². The van der Waals surface area contributed by atoms with E-state index < -0.39 is 17.7 Å². The van der Waals surface area contributed by atoms with Crippen LogP contribution < -0.4 is 0 Å². The van der Waals surface area contributed by atoms with Gasteiger partial charge in [0.05, 0.1) is 0 Å². The van der Waals surface area contributed by atoms with Crippen molar-refractivity contribution in [1.29, 1.82) is 0 Å². The quantitative estimate of drug-likeness (QED) is 0.471. The molecular weight excluding hydrogens is 335 g/mol. The predicted molar refractivity (Wildman–Crippen MR) is 82.1 cm³/mol. The summed E-state index contributed by atoms with van der Waals surface area (Å²) in [7, 11) is 0. The molecule has 0 spiro atoms. The van der Waals surface area contributed by atoms with E-state index in [1.165, 1.54) is 31.0 Å². The second kappa shape index (κ2) is 6.30. The van der Waals surface area contributed by atoms with E-state index in [1.54, 1.807) is 18.2 Å². The molecular formula is C14H12Cl2O4S. The van der Waals surface area contributed by atoms with Crippen LogP contribution in [0.25, 0.3) is 0 Å². The SMILES string of the molecule is CC1(C)OC(=O)C(=CSCc2ccc(Cl)cc2Cl)C(=O)O1. The fraction of sp³-hybridized carbons (Fsp3) is 0.286. The zero-order valence-corrected chi connectivity index (χ0v) is 13.6. The van der Waals surface area contributed by atoms with Gasteiger partial charge in [-0.2, -0.15) is 0 Å². The van der Waals surface area contributed by atoms with Crippen molar-refractivity contribution in [2.75, 3.05) is 0 Å². The van der Waals surface area contributed by atoms with E-state index in [0.717, 1.165) is 5.56 Å². The number of benzene rings is 1. The Balaban J connectivity index is 2.04. The molecule has 1 saturated heterocycles. The van der Waals surface area contributed by atoms with Gasteiger partial charge in [-0.15, -0.1) is 11.8 Å². The number of carbonyl (C=O) groups is 2. The molecule has 1 heterocycles. The van der Waals surface area contributed by atoms with Crippen LogP contribution in [0.1, 0.15) is 19.4 Å². The summed E-state index contributed by atoms with van der Waals surface area (Å²) in [5.41, 5.74) is 0.727. The molecule has 0 atom stereocenters. The molecule has 0 aromatic heterocycles. The van der Waals surface area contributed by atoms with Crippen LogP contribution in [0.4, 0.5) is 0 Å². The minimum absolute atomic E-state index is 0.121. The van der Waals surface area contributed by atoms with Crippen molar-refractivity contribution in [2.24, 2.45) is 0 Å². The third kappa shape index (κ3) is 4.15. The molecule has 112 valence electrons. The highest BCUT2D eigenvalue weighted by atomic mass is 35.5. The van der Waals surface area contributed by atoms with Crippen LogP contribution in [0, 0.1) is 0 Å². The van der Waals surface area contributed by atoms with Crippen LogP contribution in [0.5, 0.6) is 0 Å². The van der Waals surface area contributed by atoms with Crippen LogP contribution in [0.3, 0.4) is 0 Å². The van der Waals surface area contributed by atoms with E-state index >= 15 is 0 Å². The normalized spacial score (nSPS) is 17.2. The Kier molecular flexibility index (Phi) is 4.86. The summed E-state index contributed by atoms with van der Waals surface area (Å²) in [6, 6.07) is 5.15. The fourth-order valence-corrected chi connectivity index (χ4v) is 3.04. The first kappa shape index (κ1) is 16.2. The highest BCUT2D eigenvalue weighted by Gasteiger charge is 2.38. The molecule has 2 rings (SSSR count). The standard InChI is InChI=1S/C14H12Cl2O4S/c1-14(2)19-12(17)10(13(18)20-14)7-21-6-8-3-4-9(15)5-11(8)16/h3-5,7H,6H2,1-2H3. The number of cyclic esters (lactones) is 2. The van der Waals surface area contributed by atoms with Crippen molar-refractivity contribution in [1.82, 2.24) is 0 Å². The Morgan fingerprint density at radius 2 is 1.81 bits per heavy atom. The van der Waals surface area contributed by atoms with Crippen molar-refractivity contribution in [3.63, 3.8) is 0 Å². The van der Waals surface area contributed by atoms with Crippen molar-refractivity contribution in [3.8, 4) is 0 Å². The lowest BCUT2D eigenvalue weighted by molar-refractivity contribution is -0.222. The number of halogens is 2. The molecule has 0 N–H and O–H groups in total. The van der Waals surface area contributed by atoms with Gasteiger partial charge in [0.1, 0.15) is 0 Å². The summed E-state index contributed by atoms with van der Waals surface area (Å²) in [4.78, 5) is 23.5. The highest BCUT2D eigenvalue weighted by Crippen LogP contribution is 2.28. The fourth-order valence-electron chi connectivity index (χ4n) is 1.61. The number of hydrogen-bond donors (Lipinski definition) is 0. The van der Waals surface area contributed by atoms with Gasteiger partial charge in [0.15, 0.2) is 5.57 Å². The smallest absolute Gasteiger partial charge is 0.349 e. The number of carbonyl (C=O) groups excluding carboxylic acids is 2. The molecule has 0 bridgehead atoms. The number of rotatable bonds is 3. The van der Waals surface area contributed by atoms with Crippen molar-refractivity contribution in [3.05, 3.63) is 44.8 Å². The Morgan fingerprint density at radius 3 is 2.38 bits per heavy atom. The van der Waals surface area contributed by atoms with E-state index in [0.29, 0.717) is 15.8 Å². The van der Waals surface area contributed by atoms with Gasteiger partial charge in [-0.25, -0.2) is 9.59 Å². The molecule has 4 nitrogen and oxygen atoms in total. The maximum atomic E-state index is 11.7. The summed E-state index contributed by atoms with van der Waals surface area (Å²) < 4.78 is 9.98. The molecule has 0 amide bonds. The number of ether oxygens (including phenoxy) is 2. The van der Waals surface area contributed by atoms with Gasteiger partial charge in [0, 0.05) is 29.6 Å². The van der Waals surface area contributed by atoms with Crippen molar-refractivity contribution < 1.29 is 19.1 Å². The first-order valence-electron chi connectivity index (χ1n) is 6.01. The van der Waals surface area contributed by atoms with Crippen LogP contribution in [0.2, 0.25) is 10.0 Å². The monoisotopic (exact) mass is 346 g/mol. The summed E-state index contributed by atoms with van der Waals surface area (Å²) in [6.45, 7) is 3.00. The summed E-state index contributed by atoms with van der Waals surface area (Å²) in [5.74, 6) is -2.11. The topological polar surface area (TPSA) is 52.6 Å². The van der Waals surface area contributed by atoms with Gasteiger partial charge >= 0.3 is 11.9 Å². The number of hydrogen-bond acceptors (Lipinski definition) is 5. The molecule has 0 unspecified atom stereocenters. The zero-order chi connectivity index (χ0) is 15.6. The Morgan fingerprint density at radius 1 is 1.19 bits per heavy atom. The van der Waals surface area contributed by atoms with E-state index in [9.17, 15) is 9.59 Å². The molecule has 21 heavy (non-hydrogen) atoms. The molecule has 1 aromatic carbocycles. The molecule has 0 radical (unpaired) electrons. The van der Waals surface area contributed by atoms with Gasteiger partial charge in [0.25, 0.3) is 5.79 Å². The lowest BCUT2D eigenvalue weighted by atomic mass is 10.2. The molecule has 1 fully saturated rings. The number of thioether (sulfide) groups is 1. The average molecular weight is 347 g/mol. The second-order valence-corrected chi connectivity index (χ2v) is 6.46. The molecule has 0 aliphatic carbocycles. The Labute approximate surface area is 136 Å². The molecule has 0 saturated carbocycles. The van der Waals surface area contributed by atoms with Crippen LogP contribution in [-0.2, 0) is 24.8 Å². The van der Waals surface area contributed by atoms with Gasteiger partial charge in [0.2, 0.25) is 0 Å². The highest BCUT2D eigenvalue weighted by molar-refractivity contribution is 8.01. The molecule has 7 heteroatoms. The van der Waals surface area contributed by atoms with E-state index in [4.69, 9.17) is 32.7 Å². The first-order chi connectivity index (χ1) is 9.78. The number of esters is 2. The summed E-state index contributed by atoms with van der Waals surface area (Å²) in [5, 5.41) is 2.50. The molecule has 1 aliphatic heterocycles.